The minimum atomic E-state index is -0.782. The van der Waals surface area contributed by atoms with E-state index in [0.29, 0.717) is 30.4 Å². The highest BCUT2D eigenvalue weighted by Crippen LogP contribution is 2.35. The van der Waals surface area contributed by atoms with Crippen LogP contribution in [0.2, 0.25) is 0 Å². The molecule has 1 aromatic heterocycles. The molecule has 1 heterocycles. The van der Waals surface area contributed by atoms with Gasteiger partial charge in [-0.15, -0.1) is 0 Å². The second kappa shape index (κ2) is 11.4. The number of hydrogen-bond donors (Lipinski definition) is 1. The maximum atomic E-state index is 13.3. The van der Waals surface area contributed by atoms with Crippen molar-refractivity contribution in [3.63, 3.8) is 0 Å². The number of rotatable bonds is 9. The van der Waals surface area contributed by atoms with Gasteiger partial charge in [-0.1, -0.05) is 61.9 Å². The van der Waals surface area contributed by atoms with Crippen LogP contribution >= 0.6 is 0 Å². The first-order chi connectivity index (χ1) is 18.4. The van der Waals surface area contributed by atoms with Crippen molar-refractivity contribution in [2.24, 2.45) is 5.92 Å². The van der Waals surface area contributed by atoms with Gasteiger partial charge in [-0.2, -0.15) is 5.26 Å². The van der Waals surface area contributed by atoms with Crippen LogP contribution in [0, 0.1) is 27.4 Å². The Morgan fingerprint density at radius 1 is 1.11 bits per heavy atom. The number of benzene rings is 3. The molecule has 0 saturated heterocycles. The Kier molecular flexibility index (Phi) is 7.83. The van der Waals surface area contributed by atoms with Crippen LogP contribution < -0.4 is 5.32 Å². The Morgan fingerprint density at radius 3 is 2.50 bits per heavy atom. The fraction of sp³-hybridized carbons (Fsp3) is 0.207. The summed E-state index contributed by atoms with van der Waals surface area (Å²) in [6.45, 7) is 1.95. The number of furan rings is 1. The number of esters is 1. The van der Waals surface area contributed by atoms with Crippen molar-refractivity contribution < 1.29 is 23.7 Å². The molecular formula is C29H25N3O6. The van der Waals surface area contributed by atoms with E-state index in [-0.39, 0.29) is 22.7 Å². The van der Waals surface area contributed by atoms with Gasteiger partial charge in [-0.25, -0.2) is 4.79 Å². The summed E-state index contributed by atoms with van der Waals surface area (Å²) in [5.74, 6) is -1.48. The number of carbonyl (C=O) groups excluding carboxylic acids is 2. The van der Waals surface area contributed by atoms with Crippen molar-refractivity contribution in [3.8, 4) is 17.2 Å². The van der Waals surface area contributed by atoms with Crippen LogP contribution in [0.1, 0.15) is 41.4 Å². The van der Waals surface area contributed by atoms with Gasteiger partial charge in [0.15, 0.2) is 0 Å². The first-order valence-corrected chi connectivity index (χ1v) is 12.0. The third-order valence-electron chi connectivity index (χ3n) is 6.32. The molecule has 9 nitrogen and oxygen atoms in total. The average Bonchev–Trinajstić information content (AvgIpc) is 3.31. The van der Waals surface area contributed by atoms with Crippen molar-refractivity contribution in [1.29, 1.82) is 5.26 Å². The molecule has 38 heavy (non-hydrogen) atoms. The first-order valence-electron chi connectivity index (χ1n) is 12.0. The number of nitriles is 1. The predicted molar refractivity (Wildman–Crippen MR) is 142 cm³/mol. The van der Waals surface area contributed by atoms with Crippen LogP contribution in [0.5, 0.6) is 0 Å². The largest absolute Gasteiger partial charge is 0.465 e. The van der Waals surface area contributed by atoms with E-state index in [4.69, 9.17) is 9.15 Å². The Bertz CT molecular complexity index is 1550. The summed E-state index contributed by atoms with van der Waals surface area (Å²) in [4.78, 5) is 36.4. The van der Waals surface area contributed by atoms with Gasteiger partial charge >= 0.3 is 5.97 Å². The monoisotopic (exact) mass is 511 g/mol. The van der Waals surface area contributed by atoms with Crippen molar-refractivity contribution in [2.75, 3.05) is 12.4 Å². The third-order valence-corrected chi connectivity index (χ3v) is 6.32. The summed E-state index contributed by atoms with van der Waals surface area (Å²) >= 11 is 0. The molecule has 1 atom stereocenters. The zero-order chi connectivity index (χ0) is 27.2. The van der Waals surface area contributed by atoms with Gasteiger partial charge < -0.3 is 14.5 Å². The number of nitro groups is 1. The van der Waals surface area contributed by atoms with Crippen molar-refractivity contribution in [3.05, 3.63) is 93.7 Å². The molecule has 0 radical (unpaired) electrons. The molecule has 1 amide bonds. The summed E-state index contributed by atoms with van der Waals surface area (Å²) < 4.78 is 10.4. The maximum absolute atomic E-state index is 13.3. The van der Waals surface area contributed by atoms with E-state index in [2.05, 4.69) is 11.4 Å². The smallest absolute Gasteiger partial charge is 0.340 e. The van der Waals surface area contributed by atoms with Gasteiger partial charge in [-0.3, -0.25) is 14.9 Å². The number of nitro benzene ring substituents is 1. The van der Waals surface area contributed by atoms with Gasteiger partial charge in [-0.05, 0) is 36.1 Å². The van der Waals surface area contributed by atoms with Crippen LogP contribution in [-0.4, -0.2) is 23.9 Å². The molecule has 0 aliphatic heterocycles. The molecule has 0 fully saturated rings. The highest BCUT2D eigenvalue weighted by Gasteiger charge is 2.27. The third kappa shape index (κ3) is 5.25. The lowest BCUT2D eigenvalue weighted by Crippen LogP contribution is -2.26. The molecule has 0 spiro atoms. The molecule has 0 aliphatic carbocycles. The van der Waals surface area contributed by atoms with E-state index < -0.39 is 22.7 Å². The summed E-state index contributed by atoms with van der Waals surface area (Å²) in [6.07, 6.45) is 1.63. The van der Waals surface area contributed by atoms with Gasteiger partial charge in [0.2, 0.25) is 11.7 Å². The number of ether oxygens (including phenoxy) is 1. The normalized spacial score (nSPS) is 11.5. The summed E-state index contributed by atoms with van der Waals surface area (Å²) in [5.41, 5.74) is 2.38. The first kappa shape index (κ1) is 26.1. The van der Waals surface area contributed by atoms with Crippen molar-refractivity contribution in [2.45, 2.75) is 26.2 Å². The zero-order valence-electron chi connectivity index (χ0n) is 20.9. The Labute approximate surface area is 218 Å². The number of nitrogens with one attached hydrogen (secondary N) is 1. The highest BCUT2D eigenvalue weighted by molar-refractivity contribution is 6.04. The summed E-state index contributed by atoms with van der Waals surface area (Å²) in [6, 6.07) is 21.1. The van der Waals surface area contributed by atoms with Crippen LogP contribution in [0.4, 0.5) is 11.4 Å². The maximum Gasteiger partial charge on any atom is 0.340 e. The molecule has 0 saturated carbocycles. The minimum absolute atomic E-state index is 0.0877. The SMILES string of the molecule is CCCC(Cc1ccc(-c2c(C#N)oc3ccccc23)cc1)C(=O)Nc1c(C(=O)OC)cccc1[N+](=O)[O-]. The zero-order valence-corrected chi connectivity index (χ0v) is 20.9. The Hall–Kier alpha value is -4.97. The number of carbonyl (C=O) groups is 2. The number of hydrogen-bond acceptors (Lipinski definition) is 7. The molecular weight excluding hydrogens is 486 g/mol. The second-order valence-corrected chi connectivity index (χ2v) is 8.74. The van der Waals surface area contributed by atoms with E-state index in [9.17, 15) is 25.0 Å². The Morgan fingerprint density at radius 2 is 1.84 bits per heavy atom. The van der Waals surface area contributed by atoms with Gasteiger partial charge in [0.1, 0.15) is 17.3 Å². The second-order valence-electron chi connectivity index (χ2n) is 8.74. The lowest BCUT2D eigenvalue weighted by Gasteiger charge is -2.18. The van der Waals surface area contributed by atoms with Gasteiger partial charge in [0.25, 0.3) is 5.69 Å². The van der Waals surface area contributed by atoms with Crippen LogP contribution in [0.3, 0.4) is 0 Å². The average molecular weight is 512 g/mol. The number of para-hydroxylation sites is 2. The standard InChI is InChI=1S/C29H25N3O6/c1-3-7-20(28(33)31-27-22(29(34)37-2)9-6-10-23(27)32(35)36)16-18-12-14-19(15-13-18)26-21-8-4-5-11-24(21)38-25(26)17-30/h4-6,8-15,20H,3,7,16H2,1-2H3,(H,31,33). The van der Waals surface area contributed by atoms with E-state index >= 15 is 0 Å². The molecule has 4 rings (SSSR count). The fourth-order valence-corrected chi connectivity index (χ4v) is 4.51. The predicted octanol–water partition coefficient (Wildman–Crippen LogP) is 6.26. The molecule has 4 aromatic rings. The number of nitrogens with zero attached hydrogens (tertiary/aromatic N) is 2. The van der Waals surface area contributed by atoms with Crippen LogP contribution in [0.15, 0.2) is 71.1 Å². The number of amides is 1. The molecule has 9 heteroatoms. The molecule has 0 bridgehead atoms. The number of fused-ring (bicyclic) bond motifs is 1. The topological polar surface area (TPSA) is 135 Å². The van der Waals surface area contributed by atoms with Gasteiger partial charge in [0.05, 0.1) is 17.6 Å². The lowest BCUT2D eigenvalue weighted by atomic mass is 9.92. The fourth-order valence-electron chi connectivity index (χ4n) is 4.51. The Balaban J connectivity index is 1.60. The van der Waals surface area contributed by atoms with E-state index in [1.165, 1.54) is 25.3 Å². The van der Waals surface area contributed by atoms with Gasteiger partial charge in [0, 0.05) is 22.9 Å². The van der Waals surface area contributed by atoms with E-state index in [0.717, 1.165) is 16.5 Å². The number of anilines is 1. The highest BCUT2D eigenvalue weighted by atomic mass is 16.6. The number of methoxy groups -OCH3 is 1. The molecule has 192 valence electrons. The summed E-state index contributed by atoms with van der Waals surface area (Å²) in [5, 5.41) is 24.6. The van der Waals surface area contributed by atoms with Crippen LogP contribution in [-0.2, 0) is 16.0 Å². The van der Waals surface area contributed by atoms with Crippen molar-refractivity contribution in [1.82, 2.24) is 0 Å². The molecule has 1 unspecified atom stereocenters. The molecule has 1 N–H and O–H groups in total. The minimum Gasteiger partial charge on any atom is -0.465 e. The van der Waals surface area contributed by atoms with E-state index in [1.54, 1.807) is 0 Å². The van der Waals surface area contributed by atoms with Crippen molar-refractivity contribution >= 4 is 34.2 Å². The summed E-state index contributed by atoms with van der Waals surface area (Å²) in [7, 11) is 1.17. The lowest BCUT2D eigenvalue weighted by molar-refractivity contribution is -0.384. The van der Waals surface area contributed by atoms with E-state index in [1.807, 2.05) is 55.5 Å². The quantitative estimate of drug-likeness (QED) is 0.159. The molecule has 3 aromatic carbocycles. The molecule has 0 aliphatic rings. The van der Waals surface area contributed by atoms with Crippen LogP contribution in [0.25, 0.3) is 22.1 Å².